The molecule has 1 heterocycles. The summed E-state index contributed by atoms with van der Waals surface area (Å²) in [6.07, 6.45) is 0. The van der Waals surface area contributed by atoms with Gasteiger partial charge in [0.2, 0.25) is 0 Å². The van der Waals surface area contributed by atoms with E-state index < -0.39 is 22.4 Å². The summed E-state index contributed by atoms with van der Waals surface area (Å²) in [5.74, 6) is -1.01. The first-order valence-corrected chi connectivity index (χ1v) is 4.62. The lowest BCUT2D eigenvalue weighted by Crippen LogP contribution is -1.95. The summed E-state index contributed by atoms with van der Waals surface area (Å²) in [4.78, 5) is 16.3. The topological polar surface area (TPSA) is 109 Å². The van der Waals surface area contributed by atoms with Gasteiger partial charge in [0.15, 0.2) is 5.16 Å². The number of thioether (sulfide) groups is 1. The van der Waals surface area contributed by atoms with Gasteiger partial charge in [-0.15, -0.1) is 0 Å². The number of nitrogens with zero attached hydrogens (tertiary/aromatic N) is 3. The number of aromatic nitrogens is 2. The lowest BCUT2D eigenvalue weighted by Gasteiger charge is -2.00. The maximum Gasteiger partial charge on any atom is 0.392 e. The molecular weight excluding hydrogens is 210 g/mol. The molecule has 1 aromatic rings. The van der Waals surface area contributed by atoms with E-state index in [1.807, 2.05) is 6.92 Å². The Kier molecular flexibility index (Phi) is 3.07. The summed E-state index contributed by atoms with van der Waals surface area (Å²) >= 11 is 1.16. The summed E-state index contributed by atoms with van der Waals surface area (Å²) in [6, 6.07) is 0. The van der Waals surface area contributed by atoms with Gasteiger partial charge in [-0.25, -0.2) is 0 Å². The van der Waals surface area contributed by atoms with Crippen molar-refractivity contribution in [1.82, 2.24) is 9.97 Å². The van der Waals surface area contributed by atoms with Gasteiger partial charge in [-0.2, -0.15) is 9.97 Å². The van der Waals surface area contributed by atoms with E-state index in [1.54, 1.807) is 0 Å². The van der Waals surface area contributed by atoms with E-state index in [1.165, 1.54) is 0 Å². The zero-order chi connectivity index (χ0) is 10.7. The lowest BCUT2D eigenvalue weighted by atomic mass is 10.5. The van der Waals surface area contributed by atoms with Gasteiger partial charge in [0.1, 0.15) is 0 Å². The van der Waals surface area contributed by atoms with Gasteiger partial charge in [0.05, 0.1) is 4.92 Å². The third kappa shape index (κ3) is 2.02. The highest BCUT2D eigenvalue weighted by Gasteiger charge is 2.24. The van der Waals surface area contributed by atoms with E-state index in [0.29, 0.717) is 5.75 Å². The summed E-state index contributed by atoms with van der Waals surface area (Å²) < 4.78 is 0. The van der Waals surface area contributed by atoms with Gasteiger partial charge in [-0.1, -0.05) is 18.7 Å². The molecule has 1 rings (SSSR count). The van der Waals surface area contributed by atoms with Crippen molar-refractivity contribution >= 4 is 17.4 Å². The second kappa shape index (κ2) is 4.09. The Labute approximate surface area is 83.0 Å². The number of hydrogen-bond donors (Lipinski definition) is 2. The predicted octanol–water partition coefficient (Wildman–Crippen LogP) is 0.908. The first-order chi connectivity index (χ1) is 6.56. The highest BCUT2D eigenvalue weighted by molar-refractivity contribution is 7.99. The fourth-order valence-corrected chi connectivity index (χ4v) is 1.33. The molecule has 0 radical (unpaired) electrons. The fourth-order valence-electron chi connectivity index (χ4n) is 0.769. The second-order valence-electron chi connectivity index (χ2n) is 2.19. The van der Waals surface area contributed by atoms with Crippen molar-refractivity contribution in [2.24, 2.45) is 0 Å². The standard InChI is InChI=1S/C6H7N3O4S/c1-2-14-6-7-4(10)3(9(12)13)5(11)8-6/h2H2,1H3,(H2,7,8,10,11). The minimum Gasteiger partial charge on any atom is -0.488 e. The molecule has 7 nitrogen and oxygen atoms in total. The van der Waals surface area contributed by atoms with Crippen LogP contribution in [0.5, 0.6) is 11.8 Å². The van der Waals surface area contributed by atoms with E-state index in [2.05, 4.69) is 9.97 Å². The molecule has 14 heavy (non-hydrogen) atoms. The molecule has 0 fully saturated rings. The SMILES string of the molecule is CCSc1nc(O)c([N+](=O)[O-])c(O)n1. The van der Waals surface area contributed by atoms with Crippen molar-refractivity contribution in [2.75, 3.05) is 5.75 Å². The average Bonchev–Trinajstić information content (AvgIpc) is 2.01. The highest BCUT2D eigenvalue weighted by Crippen LogP contribution is 2.33. The van der Waals surface area contributed by atoms with Crippen LogP contribution in [0, 0.1) is 10.1 Å². The summed E-state index contributed by atoms with van der Waals surface area (Å²) in [5, 5.41) is 28.6. The van der Waals surface area contributed by atoms with Gasteiger partial charge in [-0.3, -0.25) is 10.1 Å². The molecule has 0 atom stereocenters. The molecule has 0 saturated carbocycles. The van der Waals surface area contributed by atoms with Crippen molar-refractivity contribution in [1.29, 1.82) is 0 Å². The highest BCUT2D eigenvalue weighted by atomic mass is 32.2. The molecule has 1 aromatic heterocycles. The molecule has 76 valence electrons. The quantitative estimate of drug-likeness (QED) is 0.335. The van der Waals surface area contributed by atoms with Gasteiger partial charge < -0.3 is 10.2 Å². The van der Waals surface area contributed by atoms with E-state index in [4.69, 9.17) is 10.2 Å². The van der Waals surface area contributed by atoms with Crippen LogP contribution in [0.3, 0.4) is 0 Å². The zero-order valence-corrected chi connectivity index (χ0v) is 7.98. The van der Waals surface area contributed by atoms with Crippen molar-refractivity contribution in [3.8, 4) is 11.8 Å². The third-order valence-electron chi connectivity index (χ3n) is 1.28. The molecule has 0 amide bonds. The number of hydrogen-bond acceptors (Lipinski definition) is 7. The van der Waals surface area contributed by atoms with Crippen LogP contribution in [0.1, 0.15) is 6.92 Å². The van der Waals surface area contributed by atoms with Crippen LogP contribution in [0.4, 0.5) is 5.69 Å². The second-order valence-corrected chi connectivity index (χ2v) is 3.42. The predicted molar refractivity (Wildman–Crippen MR) is 48.4 cm³/mol. The van der Waals surface area contributed by atoms with Crippen LogP contribution < -0.4 is 0 Å². The van der Waals surface area contributed by atoms with E-state index in [0.717, 1.165) is 11.8 Å². The summed E-state index contributed by atoms with van der Waals surface area (Å²) in [6.45, 7) is 1.82. The minimum atomic E-state index is -0.939. The average molecular weight is 217 g/mol. The molecule has 0 unspecified atom stereocenters. The molecule has 0 aliphatic heterocycles. The fraction of sp³-hybridized carbons (Fsp3) is 0.333. The van der Waals surface area contributed by atoms with Crippen molar-refractivity contribution in [2.45, 2.75) is 12.1 Å². The summed E-state index contributed by atoms with van der Waals surface area (Å²) in [5.41, 5.74) is -0.870. The molecule has 0 bridgehead atoms. The maximum absolute atomic E-state index is 10.3. The van der Waals surface area contributed by atoms with E-state index in [9.17, 15) is 10.1 Å². The lowest BCUT2D eigenvalue weighted by molar-refractivity contribution is -0.387. The monoisotopic (exact) mass is 217 g/mol. The van der Waals surface area contributed by atoms with Crippen molar-refractivity contribution in [3.63, 3.8) is 0 Å². The van der Waals surface area contributed by atoms with Crippen LogP contribution >= 0.6 is 11.8 Å². The Bertz CT molecular complexity index is 347. The molecule has 2 N–H and O–H groups in total. The Hall–Kier alpha value is -1.57. The molecular formula is C6H7N3O4S. The smallest absolute Gasteiger partial charge is 0.392 e. The number of nitro groups is 1. The largest absolute Gasteiger partial charge is 0.488 e. The normalized spacial score (nSPS) is 10.1. The number of rotatable bonds is 3. The molecule has 0 spiro atoms. The first kappa shape index (κ1) is 10.5. The van der Waals surface area contributed by atoms with Crippen LogP contribution in [0.15, 0.2) is 5.16 Å². The number of aromatic hydroxyl groups is 2. The summed E-state index contributed by atoms with van der Waals surface area (Å²) in [7, 11) is 0. The van der Waals surface area contributed by atoms with E-state index >= 15 is 0 Å². The minimum absolute atomic E-state index is 0.105. The Balaban J connectivity index is 3.18. The van der Waals surface area contributed by atoms with E-state index in [-0.39, 0.29) is 5.16 Å². The van der Waals surface area contributed by atoms with Gasteiger partial charge in [0, 0.05) is 0 Å². The Morgan fingerprint density at radius 1 is 1.43 bits per heavy atom. The van der Waals surface area contributed by atoms with Crippen LogP contribution in [-0.2, 0) is 0 Å². The van der Waals surface area contributed by atoms with Gasteiger partial charge in [-0.05, 0) is 5.75 Å². The third-order valence-corrected chi connectivity index (χ3v) is 2.01. The van der Waals surface area contributed by atoms with Crippen LogP contribution in [0.25, 0.3) is 0 Å². The van der Waals surface area contributed by atoms with Gasteiger partial charge in [0.25, 0.3) is 11.8 Å². The first-order valence-electron chi connectivity index (χ1n) is 3.63. The maximum atomic E-state index is 10.3. The van der Waals surface area contributed by atoms with Gasteiger partial charge >= 0.3 is 5.69 Å². The molecule has 0 aromatic carbocycles. The molecule has 0 saturated heterocycles. The molecule has 8 heteroatoms. The molecule has 0 aliphatic rings. The Morgan fingerprint density at radius 3 is 2.29 bits per heavy atom. The Morgan fingerprint density at radius 2 is 1.93 bits per heavy atom. The van der Waals surface area contributed by atoms with Crippen molar-refractivity contribution in [3.05, 3.63) is 10.1 Å². The zero-order valence-electron chi connectivity index (χ0n) is 7.17. The van der Waals surface area contributed by atoms with Crippen molar-refractivity contribution < 1.29 is 15.1 Å². The van der Waals surface area contributed by atoms with Crippen LogP contribution in [-0.4, -0.2) is 30.9 Å². The van der Waals surface area contributed by atoms with Crippen LogP contribution in [0.2, 0.25) is 0 Å². The molecule has 0 aliphatic carbocycles.